The van der Waals surface area contributed by atoms with Crippen LogP contribution < -0.4 is 10.6 Å². The molecule has 0 aliphatic rings. The lowest BCUT2D eigenvalue weighted by Gasteiger charge is -2.10. The van der Waals surface area contributed by atoms with Crippen LogP contribution in [-0.2, 0) is 4.79 Å². The van der Waals surface area contributed by atoms with E-state index in [1.54, 1.807) is 18.2 Å². The SMILES string of the molecule is CC(=O)Nc1cc(Nc2nc(-c3cccc(C(F)F)n3)nc3nc[nH]c23)ccn1. The van der Waals surface area contributed by atoms with Crippen molar-refractivity contribution in [2.24, 2.45) is 0 Å². The molecule has 0 atom stereocenters. The summed E-state index contributed by atoms with van der Waals surface area (Å²) in [7, 11) is 0. The van der Waals surface area contributed by atoms with Gasteiger partial charge in [-0.2, -0.15) is 0 Å². The number of nitrogens with zero attached hydrogens (tertiary/aromatic N) is 5. The monoisotopic (exact) mass is 396 g/mol. The van der Waals surface area contributed by atoms with Crippen molar-refractivity contribution in [2.45, 2.75) is 13.3 Å². The van der Waals surface area contributed by atoms with E-state index in [2.05, 4.69) is 40.5 Å². The van der Waals surface area contributed by atoms with Crippen molar-refractivity contribution < 1.29 is 13.6 Å². The molecular weight excluding hydrogens is 382 g/mol. The number of carbonyl (C=O) groups is 1. The lowest BCUT2D eigenvalue weighted by Crippen LogP contribution is -2.07. The van der Waals surface area contributed by atoms with Crippen LogP contribution >= 0.6 is 0 Å². The zero-order valence-electron chi connectivity index (χ0n) is 15.0. The summed E-state index contributed by atoms with van der Waals surface area (Å²) >= 11 is 0. The van der Waals surface area contributed by atoms with Crippen molar-refractivity contribution >= 4 is 34.4 Å². The zero-order chi connectivity index (χ0) is 20.4. The standard InChI is InChI=1S/C18H14F2N8O/c1-9(29)24-13-7-10(5-6-21-13)25-18-14-17(23-8-22-14)27-16(28-18)12-4-2-3-11(26-12)15(19)20/h2-8,15H,1H3,(H3,21,22,23,24,25,27,28,29). The van der Waals surface area contributed by atoms with Crippen LogP contribution in [0.5, 0.6) is 0 Å². The molecule has 29 heavy (non-hydrogen) atoms. The summed E-state index contributed by atoms with van der Waals surface area (Å²) < 4.78 is 26.0. The molecule has 1 amide bonds. The van der Waals surface area contributed by atoms with E-state index in [9.17, 15) is 13.6 Å². The highest BCUT2D eigenvalue weighted by Gasteiger charge is 2.15. The number of rotatable bonds is 5. The van der Waals surface area contributed by atoms with Crippen molar-refractivity contribution in [3.8, 4) is 11.5 Å². The fourth-order valence-corrected chi connectivity index (χ4v) is 2.63. The van der Waals surface area contributed by atoms with Gasteiger partial charge in [-0.05, 0) is 18.2 Å². The number of alkyl halides is 2. The number of aromatic nitrogens is 6. The molecule has 146 valence electrons. The van der Waals surface area contributed by atoms with Gasteiger partial charge in [-0.25, -0.2) is 33.7 Å². The lowest BCUT2D eigenvalue weighted by molar-refractivity contribution is -0.114. The number of halogens is 2. The van der Waals surface area contributed by atoms with Gasteiger partial charge in [-0.3, -0.25) is 4.79 Å². The molecule has 3 N–H and O–H groups in total. The first kappa shape index (κ1) is 18.3. The number of amides is 1. The third-order valence-corrected chi connectivity index (χ3v) is 3.84. The minimum atomic E-state index is -2.70. The molecule has 0 saturated carbocycles. The summed E-state index contributed by atoms with van der Waals surface area (Å²) in [5.74, 6) is 0.626. The average molecular weight is 396 g/mol. The predicted molar refractivity (Wildman–Crippen MR) is 102 cm³/mol. The van der Waals surface area contributed by atoms with Gasteiger partial charge in [0.2, 0.25) is 5.91 Å². The molecule has 0 aromatic carbocycles. The third-order valence-electron chi connectivity index (χ3n) is 3.84. The van der Waals surface area contributed by atoms with Crippen molar-refractivity contribution in [3.63, 3.8) is 0 Å². The first-order valence-electron chi connectivity index (χ1n) is 8.47. The summed E-state index contributed by atoms with van der Waals surface area (Å²) in [5.41, 5.74) is 1.30. The summed E-state index contributed by atoms with van der Waals surface area (Å²) in [6.07, 6.45) is 0.269. The molecule has 0 aliphatic carbocycles. The van der Waals surface area contributed by atoms with Gasteiger partial charge in [0.1, 0.15) is 22.7 Å². The summed E-state index contributed by atoms with van der Waals surface area (Å²) in [5, 5.41) is 5.70. The second-order valence-electron chi connectivity index (χ2n) is 5.98. The highest BCUT2D eigenvalue weighted by Crippen LogP contribution is 2.26. The number of pyridine rings is 2. The van der Waals surface area contributed by atoms with E-state index >= 15 is 0 Å². The van der Waals surface area contributed by atoms with E-state index in [1.165, 1.54) is 31.6 Å². The van der Waals surface area contributed by atoms with Crippen LogP contribution in [0.1, 0.15) is 19.0 Å². The van der Waals surface area contributed by atoms with Crippen molar-refractivity contribution in [2.75, 3.05) is 10.6 Å². The first-order chi connectivity index (χ1) is 14.0. The molecule has 0 unspecified atom stereocenters. The van der Waals surface area contributed by atoms with E-state index in [4.69, 9.17) is 0 Å². The van der Waals surface area contributed by atoms with Crippen molar-refractivity contribution in [3.05, 3.63) is 48.5 Å². The van der Waals surface area contributed by atoms with Crippen molar-refractivity contribution in [1.82, 2.24) is 29.9 Å². The van der Waals surface area contributed by atoms with Crippen LogP contribution in [0.3, 0.4) is 0 Å². The molecule has 0 radical (unpaired) electrons. The van der Waals surface area contributed by atoms with Crippen LogP contribution in [0, 0.1) is 0 Å². The van der Waals surface area contributed by atoms with E-state index in [-0.39, 0.29) is 23.1 Å². The second-order valence-corrected chi connectivity index (χ2v) is 5.98. The molecule has 11 heteroatoms. The maximum atomic E-state index is 13.0. The average Bonchev–Trinajstić information content (AvgIpc) is 3.17. The summed E-state index contributed by atoms with van der Waals surface area (Å²) in [6.45, 7) is 1.38. The fraction of sp³-hybridized carbons (Fsp3) is 0.111. The van der Waals surface area contributed by atoms with E-state index in [0.29, 0.717) is 28.5 Å². The van der Waals surface area contributed by atoms with Gasteiger partial charge in [-0.15, -0.1) is 0 Å². The third kappa shape index (κ3) is 3.98. The number of nitrogens with one attached hydrogen (secondary N) is 3. The van der Waals surface area contributed by atoms with Crippen LogP contribution in [0.25, 0.3) is 22.7 Å². The van der Waals surface area contributed by atoms with Crippen molar-refractivity contribution in [1.29, 1.82) is 0 Å². The maximum Gasteiger partial charge on any atom is 0.280 e. The maximum absolute atomic E-state index is 13.0. The number of imidazole rings is 1. The lowest BCUT2D eigenvalue weighted by atomic mass is 10.3. The number of hydrogen-bond donors (Lipinski definition) is 3. The Morgan fingerprint density at radius 3 is 2.79 bits per heavy atom. The Bertz CT molecular complexity index is 1190. The van der Waals surface area contributed by atoms with Crippen LogP contribution in [-0.4, -0.2) is 35.8 Å². The highest BCUT2D eigenvalue weighted by atomic mass is 19.3. The van der Waals surface area contributed by atoms with Gasteiger partial charge in [-0.1, -0.05) is 6.07 Å². The Morgan fingerprint density at radius 1 is 1.14 bits per heavy atom. The fourth-order valence-electron chi connectivity index (χ4n) is 2.63. The van der Waals surface area contributed by atoms with Gasteiger partial charge in [0.15, 0.2) is 17.3 Å². The molecule has 0 aliphatic heterocycles. The normalized spacial score (nSPS) is 11.0. The molecule has 4 aromatic rings. The smallest absolute Gasteiger partial charge is 0.280 e. The van der Waals surface area contributed by atoms with Crippen LogP contribution in [0.2, 0.25) is 0 Å². The molecule has 4 aromatic heterocycles. The largest absolute Gasteiger partial charge is 0.340 e. The number of H-pyrrole nitrogens is 1. The van der Waals surface area contributed by atoms with E-state index in [0.717, 1.165) is 0 Å². The Hall–Kier alpha value is -4.02. The molecule has 4 heterocycles. The van der Waals surface area contributed by atoms with Gasteiger partial charge in [0.05, 0.1) is 6.33 Å². The first-order valence-corrected chi connectivity index (χ1v) is 8.47. The highest BCUT2D eigenvalue weighted by molar-refractivity contribution is 5.89. The number of anilines is 3. The molecule has 0 bridgehead atoms. The molecular formula is C18H14F2N8O. The molecule has 9 nitrogen and oxygen atoms in total. The zero-order valence-corrected chi connectivity index (χ0v) is 15.0. The Labute approximate surface area is 162 Å². The predicted octanol–water partition coefficient (Wildman–Crippen LogP) is 3.45. The van der Waals surface area contributed by atoms with E-state index in [1.807, 2.05) is 0 Å². The summed E-state index contributed by atoms with van der Waals surface area (Å²) in [4.78, 5) is 35.0. The number of carbonyl (C=O) groups excluding carboxylic acids is 1. The van der Waals surface area contributed by atoms with Gasteiger partial charge >= 0.3 is 0 Å². The quantitative estimate of drug-likeness (QED) is 0.472. The minimum Gasteiger partial charge on any atom is -0.340 e. The van der Waals surface area contributed by atoms with E-state index < -0.39 is 6.43 Å². The number of aromatic amines is 1. The minimum absolute atomic E-state index is 0.144. The molecule has 0 fully saturated rings. The van der Waals surface area contributed by atoms with Crippen LogP contribution in [0.4, 0.5) is 26.1 Å². The Morgan fingerprint density at radius 2 is 2.00 bits per heavy atom. The molecule has 0 saturated heterocycles. The number of fused-ring (bicyclic) bond motifs is 1. The topological polar surface area (TPSA) is 121 Å². The van der Waals surface area contributed by atoms with Gasteiger partial charge in [0.25, 0.3) is 6.43 Å². The van der Waals surface area contributed by atoms with Gasteiger partial charge in [0, 0.05) is 24.9 Å². The van der Waals surface area contributed by atoms with Crippen LogP contribution in [0.15, 0.2) is 42.9 Å². The molecule has 4 rings (SSSR count). The van der Waals surface area contributed by atoms with Gasteiger partial charge < -0.3 is 15.6 Å². The Balaban J connectivity index is 1.74. The summed E-state index contributed by atoms with van der Waals surface area (Å²) in [6, 6.07) is 7.56. The molecule has 0 spiro atoms. The second kappa shape index (κ2) is 7.54. The number of hydrogen-bond acceptors (Lipinski definition) is 7. The Kier molecular flexibility index (Phi) is 4.77.